The standard InChI is InChI=1S/C28H22ClN3O3/c1-19-11-13-21(14-12-19)31-27(24-17-22(32(34)35)15-16-25(24)29)30(18-20-7-3-2-4-8-20)26-10-6-5-9-23(26)28(31)33/h2-17,27H,18H2,1H3/t27-/m0/s1. The fraction of sp³-hybridized carbons (Fsp3) is 0.107. The first-order chi connectivity index (χ1) is 16.9. The zero-order valence-electron chi connectivity index (χ0n) is 19.0. The van der Waals surface area contributed by atoms with Crippen molar-refractivity contribution < 1.29 is 9.72 Å². The highest BCUT2D eigenvalue weighted by Gasteiger charge is 2.40. The number of carbonyl (C=O) groups is 1. The highest BCUT2D eigenvalue weighted by Crippen LogP contribution is 2.44. The summed E-state index contributed by atoms with van der Waals surface area (Å²) in [6.45, 7) is 2.45. The Labute approximate surface area is 208 Å². The van der Waals surface area contributed by atoms with E-state index in [1.807, 2.05) is 85.8 Å². The smallest absolute Gasteiger partial charge is 0.269 e. The predicted octanol–water partition coefficient (Wildman–Crippen LogP) is 6.92. The average molecular weight is 484 g/mol. The van der Waals surface area contributed by atoms with Crippen LogP contribution < -0.4 is 9.80 Å². The first-order valence-corrected chi connectivity index (χ1v) is 11.6. The number of carbonyl (C=O) groups excluding carboxylic acids is 1. The van der Waals surface area contributed by atoms with Gasteiger partial charge in [0.1, 0.15) is 6.17 Å². The minimum atomic E-state index is -0.701. The van der Waals surface area contributed by atoms with Crippen LogP contribution in [0.4, 0.5) is 17.1 Å². The third kappa shape index (κ3) is 4.24. The number of nitro groups is 1. The molecule has 4 aromatic rings. The predicted molar refractivity (Wildman–Crippen MR) is 138 cm³/mol. The molecule has 0 aromatic heterocycles. The minimum absolute atomic E-state index is 0.0841. The molecule has 1 aliphatic rings. The topological polar surface area (TPSA) is 66.7 Å². The minimum Gasteiger partial charge on any atom is -0.342 e. The number of nitro benzene ring substituents is 1. The van der Waals surface area contributed by atoms with Gasteiger partial charge in [-0.2, -0.15) is 0 Å². The van der Waals surface area contributed by atoms with Crippen LogP contribution in [0.25, 0.3) is 0 Å². The summed E-state index contributed by atoms with van der Waals surface area (Å²) >= 11 is 6.67. The van der Waals surface area contributed by atoms with Crippen molar-refractivity contribution in [2.24, 2.45) is 0 Å². The average Bonchev–Trinajstić information content (AvgIpc) is 2.87. The van der Waals surface area contributed by atoms with Gasteiger partial charge in [-0.05, 0) is 42.8 Å². The number of anilines is 2. The van der Waals surface area contributed by atoms with Crippen molar-refractivity contribution in [2.75, 3.05) is 9.80 Å². The molecule has 0 saturated carbocycles. The largest absolute Gasteiger partial charge is 0.342 e. The molecular formula is C28H22ClN3O3. The van der Waals surface area contributed by atoms with Crippen LogP contribution in [0.2, 0.25) is 5.02 Å². The summed E-state index contributed by atoms with van der Waals surface area (Å²) in [5, 5.41) is 12.0. The van der Waals surface area contributed by atoms with Crippen LogP contribution in [0, 0.1) is 17.0 Å². The van der Waals surface area contributed by atoms with Gasteiger partial charge < -0.3 is 4.90 Å². The maximum absolute atomic E-state index is 13.9. The molecule has 1 aliphatic heterocycles. The maximum Gasteiger partial charge on any atom is 0.269 e. The van der Waals surface area contributed by atoms with Gasteiger partial charge in [-0.25, -0.2) is 0 Å². The Kier molecular flexibility index (Phi) is 5.97. The van der Waals surface area contributed by atoms with Gasteiger partial charge in [0.05, 0.1) is 16.2 Å². The van der Waals surface area contributed by atoms with Gasteiger partial charge in [0.15, 0.2) is 0 Å². The summed E-state index contributed by atoms with van der Waals surface area (Å²) in [4.78, 5) is 28.9. The van der Waals surface area contributed by atoms with Gasteiger partial charge in [-0.15, -0.1) is 0 Å². The number of amides is 1. The molecule has 4 aromatic carbocycles. The Balaban J connectivity index is 1.77. The molecule has 0 N–H and O–H groups in total. The highest BCUT2D eigenvalue weighted by molar-refractivity contribution is 6.31. The second-order valence-electron chi connectivity index (χ2n) is 8.48. The summed E-state index contributed by atoms with van der Waals surface area (Å²) in [6.07, 6.45) is -0.701. The third-order valence-corrected chi connectivity index (χ3v) is 6.52. The summed E-state index contributed by atoms with van der Waals surface area (Å²) in [6, 6.07) is 29.4. The van der Waals surface area contributed by atoms with Gasteiger partial charge in [-0.1, -0.05) is 71.8 Å². The summed E-state index contributed by atoms with van der Waals surface area (Å²) < 4.78 is 0. The zero-order valence-corrected chi connectivity index (χ0v) is 19.7. The van der Waals surface area contributed by atoms with Crippen molar-refractivity contribution in [3.05, 3.63) is 134 Å². The van der Waals surface area contributed by atoms with E-state index in [0.717, 1.165) is 16.8 Å². The molecule has 7 heteroatoms. The fourth-order valence-corrected chi connectivity index (χ4v) is 4.70. The maximum atomic E-state index is 13.9. The SMILES string of the molecule is Cc1ccc(N2C(=O)c3ccccc3N(Cc3ccccc3)[C@@H]2c2cc([N+](=O)[O-])ccc2Cl)cc1. The number of fused-ring (bicyclic) bond motifs is 1. The summed E-state index contributed by atoms with van der Waals surface area (Å²) in [5.41, 5.74) is 4.48. The van der Waals surface area contributed by atoms with Crippen molar-refractivity contribution in [1.29, 1.82) is 0 Å². The Morgan fingerprint density at radius 2 is 1.60 bits per heavy atom. The van der Waals surface area contributed by atoms with E-state index >= 15 is 0 Å². The van der Waals surface area contributed by atoms with Crippen molar-refractivity contribution >= 4 is 34.6 Å². The van der Waals surface area contributed by atoms with Crippen LogP contribution in [0.3, 0.4) is 0 Å². The number of nitrogens with zero attached hydrogens (tertiary/aromatic N) is 3. The Bertz CT molecular complexity index is 1410. The number of hydrogen-bond acceptors (Lipinski definition) is 4. The molecule has 0 aliphatic carbocycles. The van der Waals surface area contributed by atoms with Crippen molar-refractivity contribution in [3.8, 4) is 0 Å². The normalized spacial score (nSPS) is 15.1. The van der Waals surface area contributed by atoms with Gasteiger partial charge in [0.25, 0.3) is 11.6 Å². The molecule has 0 bridgehead atoms. The molecule has 6 nitrogen and oxygen atoms in total. The lowest BCUT2D eigenvalue weighted by Gasteiger charge is -2.46. The molecule has 1 atom stereocenters. The highest BCUT2D eigenvalue weighted by atomic mass is 35.5. The molecule has 0 radical (unpaired) electrons. The monoisotopic (exact) mass is 483 g/mol. The molecule has 0 unspecified atom stereocenters. The Morgan fingerprint density at radius 3 is 2.31 bits per heavy atom. The van der Waals surface area contributed by atoms with E-state index in [1.165, 1.54) is 18.2 Å². The quantitative estimate of drug-likeness (QED) is 0.228. The number of hydrogen-bond donors (Lipinski definition) is 0. The van der Waals surface area contributed by atoms with Crippen molar-refractivity contribution in [1.82, 2.24) is 0 Å². The van der Waals surface area contributed by atoms with Crippen LogP contribution in [0.5, 0.6) is 0 Å². The number of aryl methyl sites for hydroxylation is 1. The van der Waals surface area contributed by atoms with E-state index in [2.05, 4.69) is 4.90 Å². The van der Waals surface area contributed by atoms with Crippen LogP contribution in [-0.2, 0) is 6.54 Å². The number of non-ortho nitro benzene ring substituents is 1. The first kappa shape index (κ1) is 22.6. The van der Waals surface area contributed by atoms with Gasteiger partial charge in [0.2, 0.25) is 0 Å². The Morgan fingerprint density at radius 1 is 0.914 bits per heavy atom. The van der Waals surface area contributed by atoms with Gasteiger partial charge >= 0.3 is 0 Å². The third-order valence-electron chi connectivity index (χ3n) is 6.18. The lowest BCUT2D eigenvalue weighted by molar-refractivity contribution is -0.384. The molecule has 5 rings (SSSR count). The summed E-state index contributed by atoms with van der Waals surface area (Å²) in [7, 11) is 0. The molecular weight excluding hydrogens is 462 g/mol. The van der Waals surface area contributed by atoms with Gasteiger partial charge in [0, 0.05) is 35.0 Å². The van der Waals surface area contributed by atoms with E-state index in [-0.39, 0.29) is 11.6 Å². The number of benzene rings is 4. The molecule has 0 fully saturated rings. The fourth-order valence-electron chi connectivity index (χ4n) is 4.48. The number of halogens is 1. The number of rotatable bonds is 5. The van der Waals surface area contributed by atoms with Crippen LogP contribution in [-0.4, -0.2) is 10.8 Å². The lowest BCUT2D eigenvalue weighted by atomic mass is 9.98. The van der Waals surface area contributed by atoms with E-state index in [4.69, 9.17) is 11.6 Å². The van der Waals surface area contributed by atoms with E-state index < -0.39 is 11.1 Å². The molecule has 0 saturated heterocycles. The van der Waals surface area contributed by atoms with Crippen LogP contribution >= 0.6 is 11.6 Å². The van der Waals surface area contributed by atoms with Crippen LogP contribution in [0.1, 0.15) is 33.2 Å². The first-order valence-electron chi connectivity index (χ1n) is 11.2. The molecule has 35 heavy (non-hydrogen) atoms. The van der Waals surface area contributed by atoms with Crippen molar-refractivity contribution in [3.63, 3.8) is 0 Å². The Hall–Kier alpha value is -4.16. The second kappa shape index (κ2) is 9.24. The zero-order chi connectivity index (χ0) is 24.5. The lowest BCUT2D eigenvalue weighted by Crippen LogP contribution is -2.49. The van der Waals surface area contributed by atoms with Crippen molar-refractivity contribution in [2.45, 2.75) is 19.6 Å². The molecule has 1 heterocycles. The molecule has 1 amide bonds. The molecule has 174 valence electrons. The summed E-state index contributed by atoms with van der Waals surface area (Å²) in [5.74, 6) is -0.193. The van der Waals surface area contributed by atoms with E-state index in [9.17, 15) is 14.9 Å². The number of para-hydroxylation sites is 1. The molecule has 0 spiro atoms. The van der Waals surface area contributed by atoms with E-state index in [1.54, 1.807) is 4.90 Å². The van der Waals surface area contributed by atoms with Gasteiger partial charge in [-0.3, -0.25) is 19.8 Å². The van der Waals surface area contributed by atoms with E-state index in [0.29, 0.717) is 28.4 Å². The second-order valence-corrected chi connectivity index (χ2v) is 8.89. The van der Waals surface area contributed by atoms with Crippen LogP contribution in [0.15, 0.2) is 97.1 Å².